The fraction of sp³-hybridized carbons (Fsp3) is 0.500. The average molecular weight is 314 g/mol. The summed E-state index contributed by atoms with van der Waals surface area (Å²) < 4.78 is 1.75. The minimum absolute atomic E-state index is 0.0832. The van der Waals surface area contributed by atoms with Crippen molar-refractivity contribution in [3.8, 4) is 0 Å². The number of aryl methyl sites for hydroxylation is 2. The summed E-state index contributed by atoms with van der Waals surface area (Å²) in [7, 11) is 1.88. The zero-order chi connectivity index (χ0) is 16.1. The van der Waals surface area contributed by atoms with E-state index >= 15 is 0 Å². The van der Waals surface area contributed by atoms with Crippen molar-refractivity contribution in [1.82, 2.24) is 25.3 Å². The number of rotatable bonds is 6. The number of amides is 1. The molecule has 1 N–H and O–H groups in total. The van der Waals surface area contributed by atoms with Crippen molar-refractivity contribution in [2.75, 3.05) is 18.0 Å². The molecule has 7 heteroatoms. The van der Waals surface area contributed by atoms with Gasteiger partial charge in [-0.2, -0.15) is 10.2 Å². The second-order valence-corrected chi connectivity index (χ2v) is 5.90. The molecular formula is C16H22N6O. The highest BCUT2D eigenvalue weighted by atomic mass is 16.1. The number of hydrogen-bond acceptors (Lipinski definition) is 5. The van der Waals surface area contributed by atoms with Crippen molar-refractivity contribution in [3.63, 3.8) is 0 Å². The SMILES string of the molecule is Cn1cc(CCC(=O)NC[C@@H]2CCCN2c2cccnn2)cn1. The van der Waals surface area contributed by atoms with Gasteiger partial charge in [-0.1, -0.05) is 0 Å². The molecule has 0 aromatic carbocycles. The third kappa shape index (κ3) is 4.06. The molecule has 1 aliphatic heterocycles. The normalized spacial score (nSPS) is 17.4. The van der Waals surface area contributed by atoms with Gasteiger partial charge in [0.25, 0.3) is 0 Å². The lowest BCUT2D eigenvalue weighted by atomic mass is 10.2. The summed E-state index contributed by atoms with van der Waals surface area (Å²) in [6.07, 6.45) is 8.82. The lowest BCUT2D eigenvalue weighted by molar-refractivity contribution is -0.121. The Bertz CT molecular complexity index is 641. The fourth-order valence-electron chi connectivity index (χ4n) is 2.97. The van der Waals surface area contributed by atoms with Crippen LogP contribution < -0.4 is 10.2 Å². The molecule has 1 aliphatic rings. The Kier molecular flexibility index (Phi) is 4.85. The monoisotopic (exact) mass is 314 g/mol. The molecule has 0 aliphatic carbocycles. The summed E-state index contributed by atoms with van der Waals surface area (Å²) in [5, 5.41) is 15.3. The van der Waals surface area contributed by atoms with E-state index in [1.807, 2.05) is 25.4 Å². The third-order valence-electron chi connectivity index (χ3n) is 4.16. The molecule has 0 saturated carbocycles. The Balaban J connectivity index is 1.46. The average Bonchev–Trinajstić information content (AvgIpc) is 3.20. The van der Waals surface area contributed by atoms with Gasteiger partial charge in [0.1, 0.15) is 0 Å². The van der Waals surface area contributed by atoms with Crippen LogP contribution in [-0.2, 0) is 18.3 Å². The number of aromatic nitrogens is 4. The molecule has 3 rings (SSSR count). The molecular weight excluding hydrogens is 292 g/mol. The molecule has 1 saturated heterocycles. The first-order chi connectivity index (χ1) is 11.2. The van der Waals surface area contributed by atoms with Gasteiger partial charge in [0.15, 0.2) is 5.82 Å². The van der Waals surface area contributed by atoms with Crippen LogP contribution >= 0.6 is 0 Å². The molecule has 122 valence electrons. The fourth-order valence-corrected chi connectivity index (χ4v) is 2.97. The van der Waals surface area contributed by atoms with Crippen LogP contribution in [0.2, 0.25) is 0 Å². The molecule has 1 atom stereocenters. The number of nitrogens with zero attached hydrogens (tertiary/aromatic N) is 5. The molecule has 0 spiro atoms. The van der Waals surface area contributed by atoms with Crippen LogP contribution in [0.1, 0.15) is 24.8 Å². The zero-order valence-corrected chi connectivity index (χ0v) is 13.4. The Morgan fingerprint density at radius 1 is 1.48 bits per heavy atom. The van der Waals surface area contributed by atoms with E-state index in [1.165, 1.54) is 0 Å². The lowest BCUT2D eigenvalue weighted by Crippen LogP contribution is -2.40. The summed E-state index contributed by atoms with van der Waals surface area (Å²) in [5.74, 6) is 0.972. The second-order valence-electron chi connectivity index (χ2n) is 5.90. The van der Waals surface area contributed by atoms with Crippen LogP contribution in [-0.4, -0.2) is 45.0 Å². The highest BCUT2D eigenvalue weighted by molar-refractivity contribution is 5.76. The Morgan fingerprint density at radius 3 is 3.13 bits per heavy atom. The third-order valence-corrected chi connectivity index (χ3v) is 4.16. The molecule has 3 heterocycles. The Hall–Kier alpha value is -2.44. The summed E-state index contributed by atoms with van der Waals surface area (Å²) in [6.45, 7) is 1.62. The first-order valence-corrected chi connectivity index (χ1v) is 8.01. The maximum atomic E-state index is 12.0. The molecule has 0 unspecified atom stereocenters. The topological polar surface area (TPSA) is 75.9 Å². The van der Waals surface area contributed by atoms with Crippen LogP contribution in [0.3, 0.4) is 0 Å². The van der Waals surface area contributed by atoms with E-state index < -0.39 is 0 Å². The van der Waals surface area contributed by atoms with Crippen LogP contribution in [0.4, 0.5) is 5.82 Å². The standard InChI is InChI=1S/C16H22N6O/c1-21-12-13(10-19-21)6-7-16(23)17-11-14-4-3-9-22(14)15-5-2-8-18-20-15/h2,5,8,10,12,14H,3-4,6-7,9,11H2,1H3,(H,17,23)/t14-/m0/s1. The summed E-state index contributed by atoms with van der Waals surface area (Å²) in [5.41, 5.74) is 1.09. The van der Waals surface area contributed by atoms with Crippen LogP contribution in [0.5, 0.6) is 0 Å². The van der Waals surface area contributed by atoms with Crippen molar-refractivity contribution in [2.45, 2.75) is 31.7 Å². The number of carbonyl (C=O) groups is 1. The molecule has 2 aromatic heterocycles. The maximum Gasteiger partial charge on any atom is 0.220 e. The van der Waals surface area contributed by atoms with E-state index in [2.05, 4.69) is 25.5 Å². The van der Waals surface area contributed by atoms with Gasteiger partial charge in [-0.3, -0.25) is 9.48 Å². The quantitative estimate of drug-likeness (QED) is 0.858. The van der Waals surface area contributed by atoms with Gasteiger partial charge in [-0.05, 0) is 37.0 Å². The minimum Gasteiger partial charge on any atom is -0.354 e. The van der Waals surface area contributed by atoms with Crippen molar-refractivity contribution < 1.29 is 4.79 Å². The number of anilines is 1. The van der Waals surface area contributed by atoms with Gasteiger partial charge in [0.05, 0.1) is 6.20 Å². The molecule has 7 nitrogen and oxygen atoms in total. The van der Waals surface area contributed by atoms with Crippen LogP contribution in [0, 0.1) is 0 Å². The molecule has 1 fully saturated rings. The van der Waals surface area contributed by atoms with Gasteiger partial charge in [0, 0.05) is 45.0 Å². The number of carbonyl (C=O) groups excluding carboxylic acids is 1. The maximum absolute atomic E-state index is 12.0. The van der Waals surface area contributed by atoms with Gasteiger partial charge in [0.2, 0.25) is 5.91 Å². The number of hydrogen-bond donors (Lipinski definition) is 1. The second kappa shape index (κ2) is 7.21. The number of nitrogens with one attached hydrogen (secondary N) is 1. The van der Waals surface area contributed by atoms with E-state index in [1.54, 1.807) is 17.1 Å². The zero-order valence-electron chi connectivity index (χ0n) is 13.4. The molecule has 2 aromatic rings. The van der Waals surface area contributed by atoms with E-state index in [9.17, 15) is 4.79 Å². The molecule has 0 bridgehead atoms. The van der Waals surface area contributed by atoms with E-state index in [0.717, 1.165) is 37.2 Å². The van der Waals surface area contributed by atoms with Crippen LogP contribution in [0.15, 0.2) is 30.7 Å². The van der Waals surface area contributed by atoms with Crippen molar-refractivity contribution >= 4 is 11.7 Å². The first-order valence-electron chi connectivity index (χ1n) is 8.01. The Labute approximate surface area is 135 Å². The van der Waals surface area contributed by atoms with Gasteiger partial charge >= 0.3 is 0 Å². The minimum atomic E-state index is 0.0832. The van der Waals surface area contributed by atoms with Crippen LogP contribution in [0.25, 0.3) is 0 Å². The van der Waals surface area contributed by atoms with Crippen molar-refractivity contribution in [1.29, 1.82) is 0 Å². The van der Waals surface area contributed by atoms with Gasteiger partial charge in [-0.25, -0.2) is 0 Å². The lowest BCUT2D eigenvalue weighted by Gasteiger charge is -2.25. The molecule has 0 radical (unpaired) electrons. The largest absolute Gasteiger partial charge is 0.354 e. The van der Waals surface area contributed by atoms with Gasteiger partial charge < -0.3 is 10.2 Å². The van der Waals surface area contributed by atoms with Crippen molar-refractivity contribution in [3.05, 3.63) is 36.3 Å². The highest BCUT2D eigenvalue weighted by Crippen LogP contribution is 2.22. The molecule has 1 amide bonds. The van der Waals surface area contributed by atoms with Gasteiger partial charge in [-0.15, -0.1) is 5.10 Å². The van der Waals surface area contributed by atoms with E-state index in [0.29, 0.717) is 19.0 Å². The first kappa shape index (κ1) is 15.5. The summed E-state index contributed by atoms with van der Waals surface area (Å²) >= 11 is 0. The summed E-state index contributed by atoms with van der Waals surface area (Å²) in [6, 6.07) is 4.16. The predicted octanol–water partition coefficient (Wildman–Crippen LogP) is 0.928. The Morgan fingerprint density at radius 2 is 2.39 bits per heavy atom. The van der Waals surface area contributed by atoms with Crippen molar-refractivity contribution in [2.24, 2.45) is 7.05 Å². The highest BCUT2D eigenvalue weighted by Gasteiger charge is 2.25. The molecule has 23 heavy (non-hydrogen) atoms. The van der Waals surface area contributed by atoms with E-state index in [-0.39, 0.29) is 5.91 Å². The van der Waals surface area contributed by atoms with E-state index in [4.69, 9.17) is 0 Å². The summed E-state index contributed by atoms with van der Waals surface area (Å²) in [4.78, 5) is 14.3. The smallest absolute Gasteiger partial charge is 0.220 e. The predicted molar refractivity (Wildman–Crippen MR) is 86.9 cm³/mol.